The fraction of sp³-hybridized carbons (Fsp3) is 0.692. The van der Waals surface area contributed by atoms with Gasteiger partial charge in [-0.25, -0.2) is 4.79 Å². The first-order chi connectivity index (χ1) is 9.86. The molecule has 3 atom stereocenters. The Morgan fingerprint density at radius 3 is 2.67 bits per heavy atom. The quantitative estimate of drug-likeness (QED) is 0.640. The molecule has 0 aromatic rings. The first-order valence-electron chi connectivity index (χ1n) is 6.55. The summed E-state index contributed by atoms with van der Waals surface area (Å²) in [5.74, 6) is -2.55. The van der Waals surface area contributed by atoms with Crippen LogP contribution in [-0.4, -0.2) is 53.4 Å². The Hall–Kier alpha value is -1.57. The van der Waals surface area contributed by atoms with Crippen molar-refractivity contribution in [2.45, 2.75) is 25.8 Å². The number of ketones is 1. The number of carboxylic acids is 1. The molecule has 21 heavy (non-hydrogen) atoms. The summed E-state index contributed by atoms with van der Waals surface area (Å²) in [5, 5.41) is 11.5. The summed E-state index contributed by atoms with van der Waals surface area (Å²) in [7, 11) is 1.22. The molecule has 0 aliphatic heterocycles. The predicted molar refractivity (Wildman–Crippen MR) is 75.8 cm³/mol. The van der Waals surface area contributed by atoms with Crippen LogP contribution in [0.2, 0.25) is 0 Å². The number of esters is 1. The normalized spacial score (nSPS) is 22.7. The van der Waals surface area contributed by atoms with E-state index in [1.165, 1.54) is 25.8 Å². The molecule has 1 amide bonds. The average molecular weight is 317 g/mol. The van der Waals surface area contributed by atoms with E-state index in [1.54, 1.807) is 0 Å². The molecule has 118 valence electrons. The van der Waals surface area contributed by atoms with Crippen LogP contribution < -0.4 is 5.32 Å². The summed E-state index contributed by atoms with van der Waals surface area (Å²) < 4.78 is 4.59. The Morgan fingerprint density at radius 1 is 1.48 bits per heavy atom. The van der Waals surface area contributed by atoms with Gasteiger partial charge in [-0.05, 0) is 6.42 Å². The van der Waals surface area contributed by atoms with Crippen molar-refractivity contribution in [2.24, 2.45) is 11.8 Å². The minimum atomic E-state index is -0.960. The standard InChI is InChI=1S/C13H19NO6S/c1-7(15)14-10(13(19)20-2)6-21-5-9-8(12(17)18)3-4-11(9)16/h8-10H,3-6H2,1-2H3,(H,14,15)(H,17,18). The zero-order valence-corrected chi connectivity index (χ0v) is 12.8. The topological polar surface area (TPSA) is 110 Å². The second-order valence-corrected chi connectivity index (χ2v) is 5.94. The van der Waals surface area contributed by atoms with Crippen LogP contribution in [-0.2, 0) is 23.9 Å². The fourth-order valence-electron chi connectivity index (χ4n) is 2.28. The summed E-state index contributed by atoms with van der Waals surface area (Å²) >= 11 is 1.27. The van der Waals surface area contributed by atoms with Crippen molar-refractivity contribution in [3.63, 3.8) is 0 Å². The first kappa shape index (κ1) is 17.5. The Balaban J connectivity index is 2.52. The molecule has 1 rings (SSSR count). The van der Waals surface area contributed by atoms with Crippen molar-refractivity contribution < 1.29 is 29.0 Å². The second-order valence-electron chi connectivity index (χ2n) is 4.87. The number of thioether (sulfide) groups is 1. The number of carboxylic acid groups (broad SMARTS) is 1. The lowest BCUT2D eigenvalue weighted by Crippen LogP contribution is -2.42. The van der Waals surface area contributed by atoms with Gasteiger partial charge in [0.25, 0.3) is 0 Å². The lowest BCUT2D eigenvalue weighted by atomic mass is 9.98. The maximum absolute atomic E-state index is 11.7. The predicted octanol–water partition coefficient (Wildman–Crippen LogP) is 0.0772. The van der Waals surface area contributed by atoms with E-state index in [9.17, 15) is 19.2 Å². The van der Waals surface area contributed by atoms with Crippen LogP contribution in [0, 0.1) is 11.8 Å². The second kappa shape index (κ2) is 8.02. The number of ether oxygens (including phenoxy) is 1. The summed E-state index contributed by atoms with van der Waals surface area (Å²) in [6.07, 6.45) is 0.653. The number of rotatable bonds is 7. The Morgan fingerprint density at radius 2 is 2.14 bits per heavy atom. The van der Waals surface area contributed by atoms with Crippen LogP contribution in [0.5, 0.6) is 0 Å². The van der Waals surface area contributed by atoms with Gasteiger partial charge in [-0.1, -0.05) is 0 Å². The molecule has 3 unspecified atom stereocenters. The van der Waals surface area contributed by atoms with Crippen molar-refractivity contribution in [3.8, 4) is 0 Å². The van der Waals surface area contributed by atoms with Crippen LogP contribution in [0.15, 0.2) is 0 Å². The number of aliphatic carboxylic acids is 1. The fourth-order valence-corrected chi connectivity index (χ4v) is 3.55. The Labute approximate surface area is 126 Å². The van der Waals surface area contributed by atoms with E-state index in [1.807, 2.05) is 0 Å². The minimum Gasteiger partial charge on any atom is -0.481 e. The maximum atomic E-state index is 11.7. The van der Waals surface area contributed by atoms with E-state index in [-0.39, 0.29) is 23.9 Å². The zero-order valence-electron chi connectivity index (χ0n) is 12.0. The summed E-state index contributed by atoms with van der Waals surface area (Å²) in [4.78, 5) is 45.3. The van der Waals surface area contributed by atoms with Gasteiger partial charge in [0, 0.05) is 30.8 Å². The van der Waals surface area contributed by atoms with Crippen LogP contribution in [0.3, 0.4) is 0 Å². The van der Waals surface area contributed by atoms with Crippen molar-refractivity contribution >= 4 is 35.4 Å². The van der Waals surface area contributed by atoms with Crippen LogP contribution in [0.25, 0.3) is 0 Å². The van der Waals surface area contributed by atoms with Gasteiger partial charge in [0.1, 0.15) is 11.8 Å². The molecule has 0 spiro atoms. The molecule has 0 aromatic carbocycles. The number of hydrogen-bond donors (Lipinski definition) is 2. The molecule has 7 nitrogen and oxygen atoms in total. The molecule has 2 N–H and O–H groups in total. The maximum Gasteiger partial charge on any atom is 0.329 e. The van der Waals surface area contributed by atoms with Crippen LogP contribution >= 0.6 is 11.8 Å². The molecule has 0 aromatic heterocycles. The highest BCUT2D eigenvalue weighted by atomic mass is 32.2. The highest BCUT2D eigenvalue weighted by molar-refractivity contribution is 7.99. The van der Waals surface area contributed by atoms with Gasteiger partial charge in [0.05, 0.1) is 13.0 Å². The zero-order chi connectivity index (χ0) is 16.0. The molecule has 0 saturated heterocycles. The van der Waals surface area contributed by atoms with Crippen molar-refractivity contribution in [1.29, 1.82) is 0 Å². The molecule has 1 aliphatic rings. The van der Waals surface area contributed by atoms with E-state index in [0.29, 0.717) is 12.2 Å². The van der Waals surface area contributed by atoms with Crippen LogP contribution in [0.1, 0.15) is 19.8 Å². The molecular formula is C13H19NO6S. The van der Waals surface area contributed by atoms with Gasteiger partial charge < -0.3 is 15.2 Å². The molecule has 8 heteroatoms. The third-order valence-electron chi connectivity index (χ3n) is 3.36. The lowest BCUT2D eigenvalue weighted by Gasteiger charge is -2.17. The van der Waals surface area contributed by atoms with Crippen molar-refractivity contribution in [3.05, 3.63) is 0 Å². The first-order valence-corrected chi connectivity index (χ1v) is 7.70. The SMILES string of the molecule is COC(=O)C(CSCC1C(=O)CCC1C(=O)O)NC(C)=O. The Bertz CT molecular complexity index is 438. The molecule has 1 saturated carbocycles. The molecule has 0 radical (unpaired) electrons. The molecule has 1 fully saturated rings. The highest BCUT2D eigenvalue weighted by Gasteiger charge is 2.39. The third kappa shape index (κ3) is 5.04. The van der Waals surface area contributed by atoms with Gasteiger partial charge in [-0.3, -0.25) is 14.4 Å². The molecule has 0 bridgehead atoms. The average Bonchev–Trinajstić information content (AvgIpc) is 2.78. The third-order valence-corrected chi connectivity index (χ3v) is 4.53. The number of methoxy groups -OCH3 is 1. The molecule has 0 heterocycles. The Kier molecular flexibility index (Phi) is 6.67. The molecular weight excluding hydrogens is 298 g/mol. The molecule has 1 aliphatic carbocycles. The summed E-state index contributed by atoms with van der Waals surface area (Å²) in [5.41, 5.74) is 0. The van der Waals surface area contributed by atoms with E-state index < -0.39 is 29.8 Å². The number of nitrogens with one attached hydrogen (secondary N) is 1. The highest BCUT2D eigenvalue weighted by Crippen LogP contribution is 2.31. The van der Waals surface area contributed by atoms with E-state index in [0.717, 1.165) is 0 Å². The van der Waals surface area contributed by atoms with Crippen molar-refractivity contribution in [2.75, 3.05) is 18.6 Å². The summed E-state index contributed by atoms with van der Waals surface area (Å²) in [6.45, 7) is 1.29. The number of carbonyl (C=O) groups is 4. The number of amides is 1. The largest absolute Gasteiger partial charge is 0.481 e. The lowest BCUT2D eigenvalue weighted by molar-refractivity contribution is -0.144. The number of Topliss-reactive ketones (excluding diaryl/α,β-unsaturated/α-hetero) is 1. The monoisotopic (exact) mass is 317 g/mol. The van der Waals surface area contributed by atoms with Gasteiger partial charge >= 0.3 is 11.9 Å². The number of carbonyl (C=O) groups excluding carboxylic acids is 3. The smallest absolute Gasteiger partial charge is 0.329 e. The minimum absolute atomic E-state index is 0.0518. The van der Waals surface area contributed by atoms with Gasteiger partial charge in [0.2, 0.25) is 5.91 Å². The number of hydrogen-bond acceptors (Lipinski definition) is 6. The summed E-state index contributed by atoms with van der Waals surface area (Å²) in [6, 6.07) is -0.794. The van der Waals surface area contributed by atoms with Crippen LogP contribution in [0.4, 0.5) is 0 Å². The van der Waals surface area contributed by atoms with E-state index in [2.05, 4.69) is 10.1 Å². The van der Waals surface area contributed by atoms with E-state index >= 15 is 0 Å². The van der Waals surface area contributed by atoms with Crippen molar-refractivity contribution in [1.82, 2.24) is 5.32 Å². The van der Waals surface area contributed by atoms with E-state index in [4.69, 9.17) is 5.11 Å². The van der Waals surface area contributed by atoms with Gasteiger partial charge in [-0.15, -0.1) is 0 Å². The van der Waals surface area contributed by atoms with Gasteiger partial charge in [-0.2, -0.15) is 11.8 Å². The van der Waals surface area contributed by atoms with Gasteiger partial charge in [0.15, 0.2) is 0 Å².